The molecule has 0 aliphatic carbocycles. The van der Waals surface area contributed by atoms with Gasteiger partial charge in [-0.3, -0.25) is 4.79 Å². The van der Waals surface area contributed by atoms with Crippen LogP contribution in [0.4, 0.5) is 5.69 Å². The Kier molecular flexibility index (Phi) is 9.61. The van der Waals surface area contributed by atoms with E-state index in [0.717, 1.165) is 17.7 Å². The molecule has 1 aromatic carbocycles. The first-order valence-electron chi connectivity index (χ1n) is 8.99. The minimum Gasteiger partial charge on any atom is -0.315 e. The third kappa shape index (κ3) is 7.11. The molecule has 0 N–H and O–H groups in total. The van der Waals surface area contributed by atoms with E-state index in [1.54, 1.807) is 4.90 Å². The van der Waals surface area contributed by atoms with Gasteiger partial charge in [0.15, 0.2) is 0 Å². The standard InChI is InChI=1S/C20H33NO/c1-4-5-6-7-8-9-10-11-12-17-20(22)21(3)19-16-14-13-15-18(19)2/h13-16H,4-12,17H2,1-3H3. The molecule has 0 aliphatic rings. The zero-order valence-electron chi connectivity index (χ0n) is 14.7. The molecule has 0 aliphatic heterocycles. The Morgan fingerprint density at radius 1 is 0.909 bits per heavy atom. The van der Waals surface area contributed by atoms with Crippen LogP contribution in [0.3, 0.4) is 0 Å². The third-order valence-electron chi connectivity index (χ3n) is 4.35. The lowest BCUT2D eigenvalue weighted by Crippen LogP contribution is -2.26. The molecule has 0 fully saturated rings. The minimum absolute atomic E-state index is 0.234. The van der Waals surface area contributed by atoms with E-state index >= 15 is 0 Å². The highest BCUT2D eigenvalue weighted by Crippen LogP contribution is 2.19. The number of hydrogen-bond acceptors (Lipinski definition) is 1. The third-order valence-corrected chi connectivity index (χ3v) is 4.35. The van der Waals surface area contributed by atoms with Crippen molar-refractivity contribution in [2.75, 3.05) is 11.9 Å². The van der Waals surface area contributed by atoms with Gasteiger partial charge in [-0.05, 0) is 25.0 Å². The number of anilines is 1. The van der Waals surface area contributed by atoms with Crippen molar-refractivity contribution in [3.8, 4) is 0 Å². The second-order valence-corrected chi connectivity index (χ2v) is 6.32. The first-order valence-corrected chi connectivity index (χ1v) is 8.99. The average molecular weight is 303 g/mol. The van der Waals surface area contributed by atoms with Crippen LogP contribution in [0.1, 0.15) is 76.7 Å². The van der Waals surface area contributed by atoms with Crippen LogP contribution in [0, 0.1) is 6.92 Å². The quantitative estimate of drug-likeness (QED) is 0.467. The first-order chi connectivity index (χ1) is 10.7. The van der Waals surface area contributed by atoms with Crippen LogP contribution in [0.15, 0.2) is 24.3 Å². The zero-order valence-corrected chi connectivity index (χ0v) is 14.7. The summed E-state index contributed by atoms with van der Waals surface area (Å²) in [5.41, 5.74) is 2.19. The second kappa shape index (κ2) is 11.3. The van der Waals surface area contributed by atoms with Crippen molar-refractivity contribution in [3.63, 3.8) is 0 Å². The molecule has 0 heterocycles. The van der Waals surface area contributed by atoms with Crippen molar-refractivity contribution in [2.24, 2.45) is 0 Å². The maximum Gasteiger partial charge on any atom is 0.226 e. The molecular weight excluding hydrogens is 270 g/mol. The summed E-state index contributed by atoms with van der Waals surface area (Å²) in [4.78, 5) is 14.0. The SMILES string of the molecule is CCCCCCCCCCCC(=O)N(C)c1ccccc1C. The Balaban J connectivity index is 2.12. The van der Waals surface area contributed by atoms with E-state index in [0.29, 0.717) is 6.42 Å². The van der Waals surface area contributed by atoms with Gasteiger partial charge >= 0.3 is 0 Å². The van der Waals surface area contributed by atoms with Gasteiger partial charge in [0.2, 0.25) is 5.91 Å². The van der Waals surface area contributed by atoms with Crippen LogP contribution < -0.4 is 4.90 Å². The highest BCUT2D eigenvalue weighted by Gasteiger charge is 2.11. The molecule has 124 valence electrons. The van der Waals surface area contributed by atoms with Gasteiger partial charge in [-0.15, -0.1) is 0 Å². The Labute approximate surface area is 136 Å². The highest BCUT2D eigenvalue weighted by atomic mass is 16.2. The molecule has 0 bridgehead atoms. The van der Waals surface area contributed by atoms with E-state index in [2.05, 4.69) is 19.9 Å². The van der Waals surface area contributed by atoms with E-state index in [-0.39, 0.29) is 5.91 Å². The lowest BCUT2D eigenvalue weighted by Gasteiger charge is -2.19. The fraction of sp³-hybridized carbons (Fsp3) is 0.650. The van der Waals surface area contributed by atoms with Crippen molar-refractivity contribution in [1.82, 2.24) is 0 Å². The molecule has 1 rings (SSSR count). The number of carbonyl (C=O) groups is 1. The summed E-state index contributed by atoms with van der Waals surface area (Å²) in [5, 5.41) is 0. The second-order valence-electron chi connectivity index (χ2n) is 6.32. The van der Waals surface area contributed by atoms with Crippen molar-refractivity contribution in [3.05, 3.63) is 29.8 Å². The Hall–Kier alpha value is -1.31. The summed E-state index contributed by atoms with van der Waals surface area (Å²) in [6.45, 7) is 4.31. The van der Waals surface area contributed by atoms with Gasteiger partial charge in [0.05, 0.1) is 0 Å². The molecule has 0 unspecified atom stereocenters. The van der Waals surface area contributed by atoms with E-state index in [9.17, 15) is 4.79 Å². The monoisotopic (exact) mass is 303 g/mol. The van der Waals surface area contributed by atoms with E-state index in [1.165, 1.54) is 51.4 Å². The number of nitrogens with zero attached hydrogens (tertiary/aromatic N) is 1. The first kappa shape index (κ1) is 18.7. The van der Waals surface area contributed by atoms with Gasteiger partial charge in [-0.2, -0.15) is 0 Å². The molecule has 0 saturated carbocycles. The van der Waals surface area contributed by atoms with Gasteiger partial charge in [0, 0.05) is 19.2 Å². The molecular formula is C20H33NO. The maximum atomic E-state index is 12.2. The molecule has 0 saturated heterocycles. The molecule has 2 heteroatoms. The predicted octanol–water partition coefficient (Wildman–Crippen LogP) is 5.88. The molecule has 22 heavy (non-hydrogen) atoms. The average Bonchev–Trinajstić information content (AvgIpc) is 2.53. The summed E-state index contributed by atoms with van der Waals surface area (Å²) in [7, 11) is 1.89. The van der Waals surface area contributed by atoms with Gasteiger partial charge in [0.25, 0.3) is 0 Å². The number of benzene rings is 1. The lowest BCUT2D eigenvalue weighted by molar-refractivity contribution is -0.118. The largest absolute Gasteiger partial charge is 0.315 e. The van der Waals surface area contributed by atoms with Crippen LogP contribution >= 0.6 is 0 Å². The van der Waals surface area contributed by atoms with Crippen LogP contribution in [0.5, 0.6) is 0 Å². The summed E-state index contributed by atoms with van der Waals surface area (Å²) >= 11 is 0. The lowest BCUT2D eigenvalue weighted by atomic mass is 10.1. The normalized spacial score (nSPS) is 10.7. The van der Waals surface area contributed by atoms with E-state index < -0.39 is 0 Å². The molecule has 0 aromatic heterocycles. The number of unbranched alkanes of at least 4 members (excludes halogenated alkanes) is 8. The Bertz CT molecular complexity index is 427. The topological polar surface area (TPSA) is 20.3 Å². The fourth-order valence-corrected chi connectivity index (χ4v) is 2.83. The van der Waals surface area contributed by atoms with Gasteiger partial charge in [-0.1, -0.05) is 76.5 Å². The molecule has 1 amide bonds. The molecule has 2 nitrogen and oxygen atoms in total. The van der Waals surface area contributed by atoms with Crippen LogP contribution in [-0.2, 0) is 4.79 Å². The highest BCUT2D eigenvalue weighted by molar-refractivity contribution is 5.93. The van der Waals surface area contributed by atoms with Crippen LogP contribution in [-0.4, -0.2) is 13.0 Å². The molecule has 0 atom stereocenters. The number of rotatable bonds is 11. The number of aryl methyl sites for hydroxylation is 1. The van der Waals surface area contributed by atoms with E-state index in [4.69, 9.17) is 0 Å². The van der Waals surface area contributed by atoms with E-state index in [1.807, 2.05) is 25.2 Å². The van der Waals surface area contributed by atoms with Gasteiger partial charge in [-0.25, -0.2) is 0 Å². The maximum absolute atomic E-state index is 12.2. The van der Waals surface area contributed by atoms with Crippen molar-refractivity contribution in [1.29, 1.82) is 0 Å². The predicted molar refractivity (Wildman–Crippen MR) is 96.4 cm³/mol. The fourth-order valence-electron chi connectivity index (χ4n) is 2.83. The minimum atomic E-state index is 0.234. The van der Waals surface area contributed by atoms with Crippen molar-refractivity contribution >= 4 is 11.6 Å². The van der Waals surface area contributed by atoms with Crippen LogP contribution in [0.2, 0.25) is 0 Å². The molecule has 0 spiro atoms. The summed E-state index contributed by atoms with van der Waals surface area (Å²) in [5.74, 6) is 0.234. The number of carbonyl (C=O) groups excluding carboxylic acids is 1. The van der Waals surface area contributed by atoms with Crippen molar-refractivity contribution in [2.45, 2.75) is 78.1 Å². The number of hydrogen-bond donors (Lipinski definition) is 0. The number of amides is 1. The van der Waals surface area contributed by atoms with Gasteiger partial charge in [0.1, 0.15) is 0 Å². The summed E-state index contributed by atoms with van der Waals surface area (Å²) in [6.07, 6.45) is 12.3. The smallest absolute Gasteiger partial charge is 0.226 e. The summed E-state index contributed by atoms with van der Waals surface area (Å²) in [6, 6.07) is 8.07. The van der Waals surface area contributed by atoms with Gasteiger partial charge < -0.3 is 4.90 Å². The number of para-hydroxylation sites is 1. The van der Waals surface area contributed by atoms with Crippen LogP contribution in [0.25, 0.3) is 0 Å². The Morgan fingerprint density at radius 3 is 2.05 bits per heavy atom. The Morgan fingerprint density at radius 2 is 1.45 bits per heavy atom. The van der Waals surface area contributed by atoms with Crippen molar-refractivity contribution < 1.29 is 4.79 Å². The zero-order chi connectivity index (χ0) is 16.2. The molecule has 0 radical (unpaired) electrons. The summed E-state index contributed by atoms with van der Waals surface area (Å²) < 4.78 is 0. The molecule has 1 aromatic rings.